The van der Waals surface area contributed by atoms with Crippen LogP contribution in [-0.4, -0.2) is 82.3 Å². The van der Waals surface area contributed by atoms with Crippen molar-refractivity contribution in [2.75, 3.05) is 19.7 Å². The summed E-state index contributed by atoms with van der Waals surface area (Å²) in [5.74, 6) is -0.593. The highest BCUT2D eigenvalue weighted by molar-refractivity contribution is 5.79. The third kappa shape index (κ3) is 23.2. The lowest BCUT2D eigenvalue weighted by Gasteiger charge is -2.46. The molecule has 1 aliphatic heterocycles. The second-order valence-corrected chi connectivity index (χ2v) is 15.4. The van der Waals surface area contributed by atoms with Crippen molar-refractivity contribution < 1.29 is 29.6 Å². The number of hydrogen-bond acceptors (Lipinski definition) is 7. The molecule has 51 heavy (non-hydrogen) atoms. The fourth-order valence-electron chi connectivity index (χ4n) is 7.43. The number of aliphatic hydroxyl groups is 3. The first-order valence-corrected chi connectivity index (χ1v) is 21.8. The van der Waals surface area contributed by atoms with Crippen molar-refractivity contribution in [3.8, 4) is 0 Å². The molecule has 0 aromatic heterocycles. The SMILES string of the molecule is CCCCCCCCCCCCCCCCCCN(C(=O)CCCCCCCCCCCCCCC)[C@@H]1O[C@H](CO)[C@@H](O)[C@H](O)[C@H]1NC(=O)CN. The van der Waals surface area contributed by atoms with Crippen molar-refractivity contribution in [1.82, 2.24) is 10.2 Å². The maximum Gasteiger partial charge on any atom is 0.234 e. The van der Waals surface area contributed by atoms with Gasteiger partial charge in [0.15, 0.2) is 6.23 Å². The lowest BCUT2D eigenvalue weighted by atomic mass is 9.94. The zero-order valence-corrected chi connectivity index (χ0v) is 33.3. The molecule has 6 N–H and O–H groups in total. The molecule has 1 heterocycles. The smallest absolute Gasteiger partial charge is 0.234 e. The largest absolute Gasteiger partial charge is 0.394 e. The molecule has 1 aliphatic rings. The topological polar surface area (TPSA) is 145 Å². The van der Waals surface area contributed by atoms with E-state index in [1.54, 1.807) is 4.90 Å². The van der Waals surface area contributed by atoms with Gasteiger partial charge in [-0.3, -0.25) is 9.59 Å². The molecule has 0 aromatic carbocycles. The fourth-order valence-corrected chi connectivity index (χ4v) is 7.43. The van der Waals surface area contributed by atoms with Gasteiger partial charge in [-0.25, -0.2) is 0 Å². The minimum Gasteiger partial charge on any atom is -0.394 e. The lowest BCUT2D eigenvalue weighted by molar-refractivity contribution is -0.231. The molecule has 0 bridgehead atoms. The number of rotatable bonds is 35. The van der Waals surface area contributed by atoms with Crippen molar-refractivity contribution in [1.29, 1.82) is 0 Å². The molecule has 5 atom stereocenters. The second-order valence-electron chi connectivity index (χ2n) is 15.4. The molecule has 1 fully saturated rings. The monoisotopic (exact) mass is 726 g/mol. The van der Waals surface area contributed by atoms with E-state index in [0.717, 1.165) is 38.5 Å². The molecule has 1 saturated heterocycles. The quantitative estimate of drug-likeness (QED) is 0.0413. The Bertz CT molecular complexity index is 817. The van der Waals surface area contributed by atoms with Gasteiger partial charge in [0, 0.05) is 13.0 Å². The summed E-state index contributed by atoms with van der Waals surface area (Å²) in [6.07, 6.45) is 31.6. The Morgan fingerprint density at radius 1 is 0.588 bits per heavy atom. The first kappa shape index (κ1) is 47.8. The van der Waals surface area contributed by atoms with Gasteiger partial charge in [-0.2, -0.15) is 0 Å². The molecule has 0 aromatic rings. The normalized spacial score (nSPS) is 20.5. The van der Waals surface area contributed by atoms with Crippen molar-refractivity contribution in [3.63, 3.8) is 0 Å². The number of hydrogen-bond donors (Lipinski definition) is 5. The zero-order chi connectivity index (χ0) is 37.4. The van der Waals surface area contributed by atoms with Gasteiger partial charge in [-0.1, -0.05) is 187 Å². The Balaban J connectivity index is 2.51. The number of carbonyl (C=O) groups is 2. The molecule has 9 nitrogen and oxygen atoms in total. The van der Waals surface area contributed by atoms with Crippen LogP contribution in [0, 0.1) is 0 Å². The molecular weight excluding hydrogens is 642 g/mol. The summed E-state index contributed by atoms with van der Waals surface area (Å²) in [6.45, 7) is 4.15. The van der Waals surface area contributed by atoms with Crippen LogP contribution in [0.25, 0.3) is 0 Å². The predicted molar refractivity (Wildman–Crippen MR) is 210 cm³/mol. The summed E-state index contributed by atoms with van der Waals surface area (Å²) in [6, 6.07) is -1.05. The number of nitrogens with two attached hydrogens (primary N) is 1. The fraction of sp³-hybridized carbons (Fsp3) is 0.952. The van der Waals surface area contributed by atoms with Crippen molar-refractivity contribution in [3.05, 3.63) is 0 Å². The number of unbranched alkanes of at least 4 members (excludes halogenated alkanes) is 27. The summed E-state index contributed by atoms with van der Waals surface area (Å²) in [4.78, 5) is 27.7. The van der Waals surface area contributed by atoms with E-state index in [0.29, 0.717) is 13.0 Å². The number of nitrogens with one attached hydrogen (secondary N) is 1. The lowest BCUT2D eigenvalue weighted by Crippen LogP contribution is -2.69. The van der Waals surface area contributed by atoms with Crippen molar-refractivity contribution in [2.45, 2.75) is 237 Å². The van der Waals surface area contributed by atoms with Crippen LogP contribution < -0.4 is 11.1 Å². The number of nitrogens with zero attached hydrogens (tertiary/aromatic N) is 1. The highest BCUT2D eigenvalue weighted by Crippen LogP contribution is 2.26. The first-order chi connectivity index (χ1) is 24.9. The number of aliphatic hydroxyl groups excluding tert-OH is 3. The Labute approximate surface area is 313 Å². The molecule has 0 saturated carbocycles. The van der Waals surface area contributed by atoms with Gasteiger partial charge in [0.1, 0.15) is 24.4 Å². The molecular formula is C42H83N3O6. The molecule has 0 radical (unpaired) electrons. The Hall–Kier alpha value is -1.26. The van der Waals surface area contributed by atoms with Crippen LogP contribution in [0.4, 0.5) is 0 Å². The zero-order valence-electron chi connectivity index (χ0n) is 33.3. The maximum absolute atomic E-state index is 13.7. The first-order valence-electron chi connectivity index (χ1n) is 21.8. The number of amides is 2. The minimum absolute atomic E-state index is 0.0868. The number of carbonyl (C=O) groups excluding carboxylic acids is 2. The van der Waals surface area contributed by atoms with Gasteiger partial charge >= 0.3 is 0 Å². The highest BCUT2D eigenvalue weighted by Gasteiger charge is 2.48. The van der Waals surface area contributed by atoms with E-state index in [1.807, 2.05) is 0 Å². The standard InChI is InChI=1S/C42H83N3O6/c1-3-5-7-9-11-13-15-17-18-19-21-23-25-27-29-31-33-45(42-39(44-37(47)34-43)41(50)40(49)36(35-46)51-42)38(48)32-30-28-26-24-22-20-16-14-12-10-8-6-4-2/h36,39-42,46,49-50H,3-35,43H2,1-2H3,(H,44,47)/t36-,39-,40-,41-,42-/m1/s1. The van der Waals surface area contributed by atoms with E-state index < -0.39 is 43.1 Å². The predicted octanol–water partition coefficient (Wildman–Crippen LogP) is 8.44. The second kappa shape index (κ2) is 33.3. The van der Waals surface area contributed by atoms with E-state index >= 15 is 0 Å². The Kier molecular flexibility index (Phi) is 31.2. The molecule has 0 aliphatic carbocycles. The van der Waals surface area contributed by atoms with E-state index in [4.69, 9.17) is 10.5 Å². The third-order valence-electron chi connectivity index (χ3n) is 10.8. The van der Waals surface area contributed by atoms with Crippen LogP contribution in [0.3, 0.4) is 0 Å². The van der Waals surface area contributed by atoms with Gasteiger partial charge in [0.2, 0.25) is 11.8 Å². The molecule has 1 rings (SSSR count). The summed E-state index contributed by atoms with van der Waals surface area (Å²) < 4.78 is 6.05. The number of ether oxygens (including phenoxy) is 1. The van der Waals surface area contributed by atoms with E-state index in [9.17, 15) is 24.9 Å². The average Bonchev–Trinajstić information content (AvgIpc) is 3.13. The van der Waals surface area contributed by atoms with Gasteiger partial charge in [0.25, 0.3) is 0 Å². The van der Waals surface area contributed by atoms with E-state index in [-0.39, 0.29) is 12.5 Å². The van der Waals surface area contributed by atoms with Gasteiger partial charge < -0.3 is 36.0 Å². The van der Waals surface area contributed by atoms with Gasteiger partial charge in [-0.15, -0.1) is 0 Å². The van der Waals surface area contributed by atoms with E-state index in [2.05, 4.69) is 19.2 Å². The van der Waals surface area contributed by atoms with Crippen LogP contribution in [0.1, 0.15) is 206 Å². The molecule has 9 heteroatoms. The van der Waals surface area contributed by atoms with E-state index in [1.165, 1.54) is 148 Å². The van der Waals surface area contributed by atoms with Gasteiger partial charge in [-0.05, 0) is 12.8 Å². The molecule has 0 unspecified atom stereocenters. The third-order valence-corrected chi connectivity index (χ3v) is 10.8. The Morgan fingerprint density at radius 3 is 1.33 bits per heavy atom. The molecule has 2 amide bonds. The Morgan fingerprint density at radius 2 is 0.961 bits per heavy atom. The average molecular weight is 726 g/mol. The van der Waals surface area contributed by atoms with Crippen LogP contribution in [0.2, 0.25) is 0 Å². The summed E-state index contributed by atoms with van der Waals surface area (Å²) in [5, 5.41) is 34.1. The van der Waals surface area contributed by atoms with Crippen LogP contribution in [-0.2, 0) is 14.3 Å². The maximum atomic E-state index is 13.7. The van der Waals surface area contributed by atoms with Gasteiger partial charge in [0.05, 0.1) is 13.2 Å². The highest BCUT2D eigenvalue weighted by atomic mass is 16.5. The summed E-state index contributed by atoms with van der Waals surface area (Å²) in [7, 11) is 0. The van der Waals surface area contributed by atoms with Crippen molar-refractivity contribution >= 4 is 11.8 Å². The minimum atomic E-state index is -1.41. The summed E-state index contributed by atoms with van der Waals surface area (Å²) >= 11 is 0. The van der Waals surface area contributed by atoms with Crippen LogP contribution >= 0.6 is 0 Å². The van der Waals surface area contributed by atoms with Crippen LogP contribution in [0.15, 0.2) is 0 Å². The van der Waals surface area contributed by atoms with Crippen LogP contribution in [0.5, 0.6) is 0 Å². The molecule has 0 spiro atoms. The molecule has 302 valence electrons. The summed E-state index contributed by atoms with van der Waals surface area (Å²) in [5.41, 5.74) is 5.55. The van der Waals surface area contributed by atoms with Crippen molar-refractivity contribution in [2.24, 2.45) is 5.73 Å².